The Bertz CT molecular complexity index is 1160. The SMILES string of the molecule is NC(=O)C(/C(=C\Cc1ccccc1)c1ccccc1N1CCCCC1)c1ccc(C(=O)O)cc1. The van der Waals surface area contributed by atoms with Crippen LogP contribution in [0.5, 0.6) is 0 Å². The van der Waals surface area contributed by atoms with E-state index in [1.165, 1.54) is 18.6 Å². The zero-order chi connectivity index (χ0) is 23.9. The van der Waals surface area contributed by atoms with Crippen LogP contribution in [0.4, 0.5) is 5.69 Å². The molecular formula is C29H30N2O3. The van der Waals surface area contributed by atoms with Crippen molar-refractivity contribution in [3.8, 4) is 0 Å². The van der Waals surface area contributed by atoms with Crippen molar-refractivity contribution in [3.05, 3.63) is 107 Å². The number of aromatic carboxylic acids is 1. The van der Waals surface area contributed by atoms with Crippen molar-refractivity contribution in [2.24, 2.45) is 5.73 Å². The Morgan fingerprint density at radius 2 is 1.53 bits per heavy atom. The second-order valence-electron chi connectivity index (χ2n) is 8.68. The molecule has 1 aliphatic heterocycles. The lowest BCUT2D eigenvalue weighted by molar-refractivity contribution is -0.118. The molecule has 1 saturated heterocycles. The number of primary amides is 1. The normalized spacial score (nSPS) is 15.1. The van der Waals surface area contributed by atoms with Crippen LogP contribution in [0.2, 0.25) is 0 Å². The van der Waals surface area contributed by atoms with Gasteiger partial charge in [-0.05, 0) is 60.6 Å². The van der Waals surface area contributed by atoms with E-state index in [-0.39, 0.29) is 5.56 Å². The fraction of sp³-hybridized carbons (Fsp3) is 0.241. The molecule has 174 valence electrons. The summed E-state index contributed by atoms with van der Waals surface area (Å²) in [5.74, 6) is -2.16. The Morgan fingerprint density at radius 1 is 0.882 bits per heavy atom. The van der Waals surface area contributed by atoms with E-state index in [0.717, 1.165) is 48.3 Å². The topological polar surface area (TPSA) is 83.6 Å². The number of amides is 1. The maximum absolute atomic E-state index is 12.9. The van der Waals surface area contributed by atoms with Gasteiger partial charge in [0.1, 0.15) is 0 Å². The maximum atomic E-state index is 12.9. The summed E-state index contributed by atoms with van der Waals surface area (Å²) in [7, 11) is 0. The minimum atomic E-state index is -1.00. The lowest BCUT2D eigenvalue weighted by Crippen LogP contribution is -2.31. The number of hydrogen-bond acceptors (Lipinski definition) is 3. The number of piperidine rings is 1. The highest BCUT2D eigenvalue weighted by Gasteiger charge is 2.27. The van der Waals surface area contributed by atoms with E-state index in [1.807, 2.05) is 30.3 Å². The number of benzene rings is 3. The molecule has 1 amide bonds. The number of hydrogen-bond donors (Lipinski definition) is 2. The number of rotatable bonds is 8. The average Bonchev–Trinajstić information content (AvgIpc) is 2.87. The van der Waals surface area contributed by atoms with Crippen molar-refractivity contribution in [3.63, 3.8) is 0 Å². The summed E-state index contributed by atoms with van der Waals surface area (Å²) in [5.41, 5.74) is 10.9. The monoisotopic (exact) mass is 454 g/mol. The van der Waals surface area contributed by atoms with Crippen LogP contribution in [0.25, 0.3) is 5.57 Å². The van der Waals surface area contributed by atoms with Crippen LogP contribution in [0.15, 0.2) is 84.9 Å². The van der Waals surface area contributed by atoms with E-state index in [1.54, 1.807) is 12.1 Å². The first kappa shape index (κ1) is 23.3. The van der Waals surface area contributed by atoms with Gasteiger partial charge in [-0.3, -0.25) is 4.79 Å². The number of nitrogens with two attached hydrogens (primary N) is 1. The summed E-state index contributed by atoms with van der Waals surface area (Å²) in [6, 6.07) is 24.7. The number of para-hydroxylation sites is 1. The minimum Gasteiger partial charge on any atom is -0.478 e. The van der Waals surface area contributed by atoms with Crippen LogP contribution >= 0.6 is 0 Å². The first-order valence-corrected chi connectivity index (χ1v) is 11.8. The van der Waals surface area contributed by atoms with Crippen LogP contribution < -0.4 is 10.6 Å². The van der Waals surface area contributed by atoms with E-state index >= 15 is 0 Å². The summed E-state index contributed by atoms with van der Waals surface area (Å²) in [6.07, 6.45) is 6.27. The van der Waals surface area contributed by atoms with Crippen LogP contribution in [-0.2, 0) is 11.2 Å². The van der Waals surface area contributed by atoms with Gasteiger partial charge in [0.05, 0.1) is 11.5 Å². The van der Waals surface area contributed by atoms with Crippen LogP contribution in [0, 0.1) is 0 Å². The molecule has 5 nitrogen and oxygen atoms in total. The molecule has 1 aliphatic rings. The zero-order valence-electron chi connectivity index (χ0n) is 19.2. The number of carboxylic acids is 1. The molecule has 0 radical (unpaired) electrons. The standard InChI is InChI=1S/C29H30N2O3/c30-28(32)27(22-14-16-23(17-15-22)29(33)34)25(18-13-21-9-3-1-4-10-21)24-11-5-6-12-26(24)31-19-7-2-8-20-31/h1,3-6,9-12,14-18,27H,2,7-8,13,19-20H2,(H2,30,32)(H,33,34)/b25-18-. The second kappa shape index (κ2) is 10.8. The van der Waals surface area contributed by atoms with Gasteiger partial charge < -0.3 is 15.7 Å². The highest BCUT2D eigenvalue weighted by molar-refractivity contribution is 5.99. The van der Waals surface area contributed by atoms with Crippen LogP contribution in [-0.4, -0.2) is 30.1 Å². The third kappa shape index (κ3) is 5.37. The summed E-state index contributed by atoms with van der Waals surface area (Å²) in [6.45, 7) is 1.97. The van der Waals surface area contributed by atoms with Gasteiger partial charge in [-0.15, -0.1) is 0 Å². The van der Waals surface area contributed by atoms with Crippen molar-refractivity contribution in [2.45, 2.75) is 31.6 Å². The predicted octanol–water partition coefficient (Wildman–Crippen LogP) is 5.27. The maximum Gasteiger partial charge on any atom is 0.335 e. The second-order valence-corrected chi connectivity index (χ2v) is 8.68. The molecular weight excluding hydrogens is 424 g/mol. The Morgan fingerprint density at radius 3 is 2.18 bits per heavy atom. The third-order valence-corrected chi connectivity index (χ3v) is 6.40. The lowest BCUT2D eigenvalue weighted by atomic mass is 9.83. The van der Waals surface area contributed by atoms with E-state index in [9.17, 15) is 14.7 Å². The number of nitrogens with zero attached hydrogens (tertiary/aromatic N) is 1. The molecule has 1 fully saturated rings. The first-order valence-electron chi connectivity index (χ1n) is 11.8. The van der Waals surface area contributed by atoms with E-state index < -0.39 is 17.8 Å². The predicted molar refractivity (Wildman–Crippen MR) is 136 cm³/mol. The van der Waals surface area contributed by atoms with Crippen molar-refractivity contribution >= 4 is 23.1 Å². The third-order valence-electron chi connectivity index (χ3n) is 6.40. The molecule has 0 bridgehead atoms. The molecule has 0 aliphatic carbocycles. The molecule has 3 aromatic rings. The molecule has 34 heavy (non-hydrogen) atoms. The largest absolute Gasteiger partial charge is 0.478 e. The fourth-order valence-corrected chi connectivity index (χ4v) is 4.67. The molecule has 1 heterocycles. The van der Waals surface area contributed by atoms with Crippen molar-refractivity contribution in [2.75, 3.05) is 18.0 Å². The van der Waals surface area contributed by atoms with Gasteiger partial charge in [-0.25, -0.2) is 4.79 Å². The first-order chi connectivity index (χ1) is 16.5. The Hall–Kier alpha value is -3.86. The fourth-order valence-electron chi connectivity index (χ4n) is 4.67. The van der Waals surface area contributed by atoms with Gasteiger partial charge in [0.25, 0.3) is 0 Å². The number of carbonyl (C=O) groups excluding carboxylic acids is 1. The van der Waals surface area contributed by atoms with Crippen LogP contribution in [0.3, 0.4) is 0 Å². The Balaban J connectivity index is 1.82. The van der Waals surface area contributed by atoms with Crippen LogP contribution in [0.1, 0.15) is 52.2 Å². The molecule has 3 N–H and O–H groups in total. The number of carboxylic acid groups (broad SMARTS) is 1. The van der Waals surface area contributed by atoms with E-state index in [0.29, 0.717) is 12.0 Å². The quantitative estimate of drug-likeness (QED) is 0.486. The van der Waals surface area contributed by atoms with E-state index in [4.69, 9.17) is 5.73 Å². The number of anilines is 1. The number of carbonyl (C=O) groups is 2. The van der Waals surface area contributed by atoms with Gasteiger partial charge in [-0.1, -0.05) is 66.7 Å². The van der Waals surface area contributed by atoms with Gasteiger partial charge in [0.2, 0.25) is 5.91 Å². The molecule has 5 heteroatoms. The van der Waals surface area contributed by atoms with Gasteiger partial charge >= 0.3 is 5.97 Å². The van der Waals surface area contributed by atoms with Gasteiger partial charge in [0.15, 0.2) is 0 Å². The van der Waals surface area contributed by atoms with E-state index in [2.05, 4.69) is 35.2 Å². The average molecular weight is 455 g/mol. The Kier molecular flexibility index (Phi) is 7.43. The highest BCUT2D eigenvalue weighted by Crippen LogP contribution is 2.38. The Labute approximate surface area is 200 Å². The summed E-state index contributed by atoms with van der Waals surface area (Å²) < 4.78 is 0. The zero-order valence-corrected chi connectivity index (χ0v) is 19.2. The molecule has 1 atom stereocenters. The molecule has 1 unspecified atom stereocenters. The van der Waals surface area contributed by atoms with Crippen molar-refractivity contribution < 1.29 is 14.7 Å². The summed E-state index contributed by atoms with van der Waals surface area (Å²) in [5, 5.41) is 9.29. The smallest absolute Gasteiger partial charge is 0.335 e. The molecule has 0 saturated carbocycles. The van der Waals surface area contributed by atoms with Gasteiger partial charge in [-0.2, -0.15) is 0 Å². The summed E-state index contributed by atoms with van der Waals surface area (Å²) in [4.78, 5) is 26.6. The lowest BCUT2D eigenvalue weighted by Gasteiger charge is -2.32. The molecule has 0 aromatic heterocycles. The molecule has 4 rings (SSSR count). The number of allylic oxidation sites excluding steroid dienone is 1. The highest BCUT2D eigenvalue weighted by atomic mass is 16.4. The van der Waals surface area contributed by atoms with Gasteiger partial charge in [0, 0.05) is 24.3 Å². The van der Waals surface area contributed by atoms with Crippen molar-refractivity contribution in [1.82, 2.24) is 0 Å². The minimum absolute atomic E-state index is 0.176. The van der Waals surface area contributed by atoms with Crippen molar-refractivity contribution in [1.29, 1.82) is 0 Å². The summed E-state index contributed by atoms with van der Waals surface area (Å²) >= 11 is 0. The molecule has 3 aromatic carbocycles. The molecule has 0 spiro atoms.